The third-order valence-electron chi connectivity index (χ3n) is 2.92. The SMILES string of the molecule is O=C1OC(c2ccccc2F)=N/C1=C/c1ccccc1F. The molecule has 0 amide bonds. The van der Waals surface area contributed by atoms with E-state index in [-0.39, 0.29) is 22.7 Å². The van der Waals surface area contributed by atoms with Crippen molar-refractivity contribution < 1.29 is 18.3 Å². The summed E-state index contributed by atoms with van der Waals surface area (Å²) in [6, 6.07) is 11.8. The molecule has 0 N–H and O–H groups in total. The predicted molar refractivity (Wildman–Crippen MR) is 73.4 cm³/mol. The van der Waals surface area contributed by atoms with Crippen LogP contribution < -0.4 is 0 Å². The zero-order chi connectivity index (χ0) is 14.8. The van der Waals surface area contributed by atoms with E-state index >= 15 is 0 Å². The van der Waals surface area contributed by atoms with E-state index in [0.717, 1.165) is 0 Å². The van der Waals surface area contributed by atoms with Crippen LogP contribution >= 0.6 is 0 Å². The van der Waals surface area contributed by atoms with Crippen LogP contribution in [0.4, 0.5) is 8.78 Å². The number of halogens is 2. The summed E-state index contributed by atoms with van der Waals surface area (Å²) in [7, 11) is 0. The number of rotatable bonds is 2. The number of benzene rings is 2. The molecule has 0 radical (unpaired) electrons. The van der Waals surface area contributed by atoms with Crippen molar-refractivity contribution in [1.29, 1.82) is 0 Å². The molecule has 21 heavy (non-hydrogen) atoms. The Kier molecular flexibility index (Phi) is 3.31. The zero-order valence-corrected chi connectivity index (χ0v) is 10.7. The van der Waals surface area contributed by atoms with E-state index in [1.54, 1.807) is 18.2 Å². The summed E-state index contributed by atoms with van der Waals surface area (Å²) in [6.07, 6.45) is 1.27. The lowest BCUT2D eigenvalue weighted by molar-refractivity contribution is -0.129. The summed E-state index contributed by atoms with van der Waals surface area (Å²) in [5, 5.41) is 0. The molecule has 0 atom stereocenters. The number of aliphatic imine (C=N–C) groups is 1. The minimum atomic E-state index is -0.739. The number of carbonyl (C=O) groups is 1. The molecule has 0 unspecified atom stereocenters. The topological polar surface area (TPSA) is 38.7 Å². The molecule has 1 aliphatic heterocycles. The lowest BCUT2D eigenvalue weighted by atomic mass is 10.2. The van der Waals surface area contributed by atoms with Gasteiger partial charge in [-0.1, -0.05) is 30.3 Å². The zero-order valence-electron chi connectivity index (χ0n) is 10.7. The standard InChI is InChI=1S/C16H9F2NO2/c17-12-7-3-1-5-10(12)9-14-16(20)21-15(19-14)11-6-2-4-8-13(11)18/h1-9H/b14-9+. The third-order valence-corrected chi connectivity index (χ3v) is 2.92. The number of hydrogen-bond donors (Lipinski definition) is 0. The Labute approximate surface area is 119 Å². The number of cyclic esters (lactones) is 1. The van der Waals surface area contributed by atoms with Crippen molar-refractivity contribution in [3.63, 3.8) is 0 Å². The van der Waals surface area contributed by atoms with Crippen LogP contribution in [0.15, 0.2) is 59.2 Å². The highest BCUT2D eigenvalue weighted by molar-refractivity contribution is 6.12. The Morgan fingerprint density at radius 2 is 1.62 bits per heavy atom. The molecule has 1 heterocycles. The molecule has 0 saturated heterocycles. The Morgan fingerprint density at radius 3 is 2.33 bits per heavy atom. The Balaban J connectivity index is 2.00. The molecule has 2 aromatic carbocycles. The monoisotopic (exact) mass is 285 g/mol. The minimum Gasteiger partial charge on any atom is -0.402 e. The van der Waals surface area contributed by atoms with Gasteiger partial charge in [0, 0.05) is 5.56 Å². The van der Waals surface area contributed by atoms with Crippen molar-refractivity contribution in [3.8, 4) is 0 Å². The van der Waals surface area contributed by atoms with Crippen LogP contribution in [0.5, 0.6) is 0 Å². The van der Waals surface area contributed by atoms with E-state index in [4.69, 9.17) is 4.74 Å². The van der Waals surface area contributed by atoms with Crippen LogP contribution in [0.25, 0.3) is 6.08 Å². The van der Waals surface area contributed by atoms with Gasteiger partial charge in [0.25, 0.3) is 0 Å². The lowest BCUT2D eigenvalue weighted by Crippen LogP contribution is -2.07. The van der Waals surface area contributed by atoms with Gasteiger partial charge in [-0.25, -0.2) is 18.6 Å². The van der Waals surface area contributed by atoms with E-state index < -0.39 is 17.6 Å². The van der Waals surface area contributed by atoms with Crippen molar-refractivity contribution in [2.45, 2.75) is 0 Å². The number of carbonyl (C=O) groups excluding carboxylic acids is 1. The second-order valence-electron chi connectivity index (χ2n) is 4.34. The first kappa shape index (κ1) is 13.2. The van der Waals surface area contributed by atoms with E-state index in [0.29, 0.717) is 0 Å². The van der Waals surface area contributed by atoms with Crippen LogP contribution in [0, 0.1) is 11.6 Å². The molecule has 0 aromatic heterocycles. The van der Waals surface area contributed by atoms with Crippen LogP contribution in [-0.4, -0.2) is 11.9 Å². The maximum Gasteiger partial charge on any atom is 0.363 e. The van der Waals surface area contributed by atoms with Crippen molar-refractivity contribution >= 4 is 17.9 Å². The molecule has 0 bridgehead atoms. The van der Waals surface area contributed by atoms with Gasteiger partial charge < -0.3 is 4.74 Å². The Hall–Kier alpha value is -2.82. The molecule has 5 heteroatoms. The van der Waals surface area contributed by atoms with E-state index in [9.17, 15) is 13.6 Å². The predicted octanol–water partition coefficient (Wildman–Crippen LogP) is 3.31. The molecule has 1 aliphatic rings. The minimum absolute atomic E-state index is 0.0710. The summed E-state index contributed by atoms with van der Waals surface area (Å²) in [6.45, 7) is 0. The molecule has 3 rings (SSSR count). The molecule has 0 aliphatic carbocycles. The summed E-state index contributed by atoms with van der Waals surface area (Å²) < 4.78 is 32.1. The highest BCUT2D eigenvalue weighted by Crippen LogP contribution is 2.21. The summed E-state index contributed by atoms with van der Waals surface area (Å²) >= 11 is 0. The Bertz CT molecular complexity index is 781. The second-order valence-corrected chi connectivity index (χ2v) is 4.34. The third kappa shape index (κ3) is 2.58. The normalized spacial score (nSPS) is 16.0. The van der Waals surface area contributed by atoms with E-state index in [1.165, 1.54) is 36.4 Å². The lowest BCUT2D eigenvalue weighted by Gasteiger charge is -1.99. The van der Waals surface area contributed by atoms with Gasteiger partial charge in [0.2, 0.25) is 5.90 Å². The fraction of sp³-hybridized carbons (Fsp3) is 0. The summed E-state index contributed by atoms with van der Waals surface area (Å²) in [4.78, 5) is 15.7. The summed E-state index contributed by atoms with van der Waals surface area (Å²) in [5.41, 5.74) is 0.226. The van der Waals surface area contributed by atoms with E-state index in [1.807, 2.05) is 0 Å². The highest BCUT2D eigenvalue weighted by atomic mass is 19.1. The van der Waals surface area contributed by atoms with Crippen molar-refractivity contribution in [2.24, 2.45) is 4.99 Å². The van der Waals surface area contributed by atoms with Gasteiger partial charge in [-0.05, 0) is 24.3 Å². The first-order chi connectivity index (χ1) is 10.1. The van der Waals surface area contributed by atoms with Gasteiger partial charge in [0.1, 0.15) is 11.6 Å². The molecular weight excluding hydrogens is 276 g/mol. The fourth-order valence-corrected chi connectivity index (χ4v) is 1.90. The average Bonchev–Trinajstić information content (AvgIpc) is 2.83. The smallest absolute Gasteiger partial charge is 0.363 e. The van der Waals surface area contributed by atoms with Gasteiger partial charge in [-0.3, -0.25) is 0 Å². The van der Waals surface area contributed by atoms with E-state index in [2.05, 4.69) is 4.99 Å². The number of hydrogen-bond acceptors (Lipinski definition) is 3. The first-order valence-electron chi connectivity index (χ1n) is 6.17. The molecule has 2 aromatic rings. The van der Waals surface area contributed by atoms with Gasteiger partial charge in [0.05, 0.1) is 5.56 Å². The summed E-state index contributed by atoms with van der Waals surface area (Å²) in [5.74, 6) is -1.89. The molecule has 0 fully saturated rings. The molecule has 3 nitrogen and oxygen atoms in total. The van der Waals surface area contributed by atoms with Crippen LogP contribution in [-0.2, 0) is 9.53 Å². The fourth-order valence-electron chi connectivity index (χ4n) is 1.90. The highest BCUT2D eigenvalue weighted by Gasteiger charge is 2.26. The molecular formula is C16H9F2NO2. The molecule has 0 saturated carbocycles. The van der Waals surface area contributed by atoms with Crippen LogP contribution in [0.3, 0.4) is 0 Å². The van der Waals surface area contributed by atoms with Crippen molar-refractivity contribution in [2.75, 3.05) is 0 Å². The first-order valence-corrected chi connectivity index (χ1v) is 6.17. The van der Waals surface area contributed by atoms with Crippen molar-refractivity contribution in [3.05, 3.63) is 77.0 Å². The quantitative estimate of drug-likeness (QED) is 0.627. The van der Waals surface area contributed by atoms with Crippen molar-refractivity contribution in [1.82, 2.24) is 0 Å². The second kappa shape index (κ2) is 5.28. The maximum atomic E-state index is 13.6. The Morgan fingerprint density at radius 1 is 0.952 bits per heavy atom. The van der Waals surface area contributed by atoms with Gasteiger partial charge in [0.15, 0.2) is 5.70 Å². The number of nitrogens with zero attached hydrogens (tertiary/aromatic N) is 1. The van der Waals surface area contributed by atoms with Crippen LogP contribution in [0.2, 0.25) is 0 Å². The molecule has 104 valence electrons. The van der Waals surface area contributed by atoms with Crippen LogP contribution in [0.1, 0.15) is 11.1 Å². The average molecular weight is 285 g/mol. The van der Waals surface area contributed by atoms with Gasteiger partial charge in [-0.2, -0.15) is 0 Å². The van der Waals surface area contributed by atoms with Gasteiger partial charge in [-0.15, -0.1) is 0 Å². The molecule has 0 spiro atoms. The number of esters is 1. The number of ether oxygens (including phenoxy) is 1. The largest absolute Gasteiger partial charge is 0.402 e. The maximum absolute atomic E-state index is 13.6. The van der Waals surface area contributed by atoms with Gasteiger partial charge >= 0.3 is 5.97 Å².